The van der Waals surface area contributed by atoms with Gasteiger partial charge in [0.2, 0.25) is 0 Å². The van der Waals surface area contributed by atoms with Crippen LogP contribution in [0.15, 0.2) is 15.7 Å². The average molecular weight is 287 g/mol. The second kappa shape index (κ2) is 5.29. The molecular weight excluding hydrogens is 276 g/mol. The van der Waals surface area contributed by atoms with E-state index in [9.17, 15) is 0 Å². The lowest BCUT2D eigenvalue weighted by Crippen LogP contribution is -1.97. The van der Waals surface area contributed by atoms with E-state index in [-0.39, 0.29) is 5.92 Å². The van der Waals surface area contributed by atoms with Crippen molar-refractivity contribution in [2.24, 2.45) is 0 Å². The van der Waals surface area contributed by atoms with Crippen LogP contribution in [0.4, 0.5) is 0 Å². The highest BCUT2D eigenvalue weighted by molar-refractivity contribution is 8.00. The van der Waals surface area contributed by atoms with Crippen molar-refractivity contribution in [3.05, 3.63) is 22.9 Å². The third kappa shape index (κ3) is 2.94. The second-order valence-electron chi connectivity index (χ2n) is 3.75. The molecule has 0 fully saturated rings. The molecule has 0 amide bonds. The van der Waals surface area contributed by atoms with Crippen molar-refractivity contribution in [1.82, 2.24) is 19.3 Å². The van der Waals surface area contributed by atoms with Crippen molar-refractivity contribution in [3.63, 3.8) is 0 Å². The van der Waals surface area contributed by atoms with Gasteiger partial charge in [-0.3, -0.25) is 0 Å². The van der Waals surface area contributed by atoms with Crippen LogP contribution < -0.4 is 0 Å². The summed E-state index contributed by atoms with van der Waals surface area (Å²) in [6, 6.07) is 0. The molecule has 0 aliphatic heterocycles. The molecule has 0 saturated carbocycles. The maximum absolute atomic E-state index is 6.10. The topological polar surface area (TPSA) is 51.6 Å². The summed E-state index contributed by atoms with van der Waals surface area (Å²) in [5, 5.41) is 1.37. The van der Waals surface area contributed by atoms with Crippen LogP contribution in [0, 0.1) is 6.92 Å². The average Bonchev–Trinajstić information content (AvgIpc) is 2.63. The van der Waals surface area contributed by atoms with Gasteiger partial charge < -0.3 is 0 Å². The predicted molar refractivity (Wildman–Crippen MR) is 69.9 cm³/mol. The molecule has 0 aromatic carbocycles. The minimum Gasteiger partial charge on any atom is -0.229 e. The first-order valence-electron chi connectivity index (χ1n) is 5.06. The fraction of sp³-hybridized carbons (Fsp3) is 0.400. The maximum Gasteiger partial charge on any atom is 0.176 e. The first-order chi connectivity index (χ1) is 8.08. The lowest BCUT2D eigenvalue weighted by atomic mass is 10.1. The van der Waals surface area contributed by atoms with Crippen LogP contribution in [0.3, 0.4) is 0 Å². The van der Waals surface area contributed by atoms with Crippen molar-refractivity contribution in [3.8, 4) is 0 Å². The summed E-state index contributed by atoms with van der Waals surface area (Å²) < 4.78 is 5.02. The van der Waals surface area contributed by atoms with E-state index >= 15 is 0 Å². The van der Waals surface area contributed by atoms with Gasteiger partial charge in [0.1, 0.15) is 22.3 Å². The summed E-state index contributed by atoms with van der Waals surface area (Å²) >= 11 is 8.95. The molecule has 17 heavy (non-hydrogen) atoms. The summed E-state index contributed by atoms with van der Waals surface area (Å²) in [4.78, 5) is 12.6. The van der Waals surface area contributed by atoms with Gasteiger partial charge >= 0.3 is 0 Å². The van der Waals surface area contributed by atoms with E-state index in [1.807, 2.05) is 6.92 Å². The van der Waals surface area contributed by atoms with Crippen molar-refractivity contribution in [2.45, 2.75) is 36.1 Å². The van der Waals surface area contributed by atoms with Crippen LogP contribution in [0.1, 0.15) is 31.2 Å². The summed E-state index contributed by atoms with van der Waals surface area (Å²) in [7, 11) is 0. The summed E-state index contributed by atoms with van der Waals surface area (Å²) in [6.45, 7) is 6.01. The minimum absolute atomic E-state index is 0.278. The van der Waals surface area contributed by atoms with E-state index in [1.54, 1.807) is 0 Å². The third-order valence-corrected chi connectivity index (χ3v) is 4.23. The van der Waals surface area contributed by atoms with E-state index in [1.165, 1.54) is 29.6 Å². The molecule has 0 saturated heterocycles. The summed E-state index contributed by atoms with van der Waals surface area (Å²) in [5.41, 5.74) is 0.965. The van der Waals surface area contributed by atoms with Crippen LogP contribution in [0.25, 0.3) is 0 Å². The molecule has 7 heteroatoms. The van der Waals surface area contributed by atoms with Gasteiger partial charge in [-0.1, -0.05) is 25.4 Å². The molecule has 2 aromatic heterocycles. The largest absolute Gasteiger partial charge is 0.229 e. The van der Waals surface area contributed by atoms with E-state index in [0.29, 0.717) is 5.15 Å². The van der Waals surface area contributed by atoms with Crippen LogP contribution in [-0.2, 0) is 0 Å². The zero-order valence-corrected chi connectivity index (χ0v) is 12.0. The van der Waals surface area contributed by atoms with Gasteiger partial charge in [0.15, 0.2) is 4.34 Å². The number of hydrogen-bond acceptors (Lipinski definition) is 6. The Labute approximate surface area is 113 Å². The van der Waals surface area contributed by atoms with Gasteiger partial charge in [-0.2, -0.15) is 4.37 Å². The molecule has 2 rings (SSSR count). The number of aryl methyl sites for hydroxylation is 1. The maximum atomic E-state index is 6.10. The molecule has 0 atom stereocenters. The number of nitrogens with zero attached hydrogens (tertiary/aromatic N) is 4. The van der Waals surface area contributed by atoms with E-state index in [4.69, 9.17) is 11.6 Å². The highest BCUT2D eigenvalue weighted by Crippen LogP contribution is 2.35. The first-order valence-corrected chi connectivity index (χ1v) is 7.03. The Bertz CT molecular complexity index is 527. The smallest absolute Gasteiger partial charge is 0.176 e. The summed E-state index contributed by atoms with van der Waals surface area (Å²) in [5.74, 6) is 1.06. The van der Waals surface area contributed by atoms with Crippen molar-refractivity contribution in [1.29, 1.82) is 0 Å². The zero-order valence-electron chi connectivity index (χ0n) is 9.64. The lowest BCUT2D eigenvalue weighted by molar-refractivity contribution is 0.802. The molecule has 0 radical (unpaired) electrons. The number of hydrogen-bond donors (Lipinski definition) is 0. The molecule has 2 heterocycles. The predicted octanol–water partition coefficient (Wildman–Crippen LogP) is 3.56. The Morgan fingerprint density at radius 1 is 1.35 bits per heavy atom. The molecule has 4 nitrogen and oxygen atoms in total. The van der Waals surface area contributed by atoms with E-state index in [0.717, 1.165) is 20.8 Å². The van der Waals surface area contributed by atoms with Gasteiger partial charge in [-0.05, 0) is 36.1 Å². The highest BCUT2D eigenvalue weighted by atomic mass is 35.5. The quantitative estimate of drug-likeness (QED) is 0.808. The van der Waals surface area contributed by atoms with Crippen molar-refractivity contribution >= 4 is 34.9 Å². The minimum atomic E-state index is 0.278. The Morgan fingerprint density at radius 2 is 2.12 bits per heavy atom. The Hall–Kier alpha value is -0.720. The van der Waals surface area contributed by atoms with Crippen LogP contribution in [-0.4, -0.2) is 19.3 Å². The van der Waals surface area contributed by atoms with Gasteiger partial charge in [0, 0.05) is 5.56 Å². The van der Waals surface area contributed by atoms with Crippen LogP contribution in [0.2, 0.25) is 5.15 Å². The molecular formula is C10H11ClN4S2. The molecule has 0 aliphatic carbocycles. The van der Waals surface area contributed by atoms with Crippen molar-refractivity contribution in [2.75, 3.05) is 0 Å². The number of rotatable bonds is 3. The monoisotopic (exact) mass is 286 g/mol. The standard InChI is InChI=1S/C10H11ClN4S2/c1-5(2)7-8(11)12-4-13-9(7)16-10-14-6(3)15-17-10/h4-5H,1-3H3. The lowest BCUT2D eigenvalue weighted by Gasteiger charge is -2.10. The molecule has 90 valence electrons. The number of aromatic nitrogens is 4. The second-order valence-corrected chi connectivity index (χ2v) is 6.09. The van der Waals surface area contributed by atoms with E-state index in [2.05, 4.69) is 33.2 Å². The molecule has 0 unspecified atom stereocenters. The van der Waals surface area contributed by atoms with Crippen LogP contribution in [0.5, 0.6) is 0 Å². The van der Waals surface area contributed by atoms with Gasteiger partial charge in [-0.25, -0.2) is 15.0 Å². The third-order valence-electron chi connectivity index (χ3n) is 2.07. The van der Waals surface area contributed by atoms with Crippen LogP contribution >= 0.6 is 34.9 Å². The Morgan fingerprint density at radius 3 is 2.71 bits per heavy atom. The fourth-order valence-electron chi connectivity index (χ4n) is 1.33. The molecule has 0 bridgehead atoms. The molecule has 0 N–H and O–H groups in total. The van der Waals surface area contributed by atoms with Gasteiger partial charge in [0.25, 0.3) is 0 Å². The fourth-order valence-corrected chi connectivity index (χ4v) is 3.54. The number of halogens is 1. The molecule has 2 aromatic rings. The molecule has 0 spiro atoms. The molecule has 0 aliphatic rings. The summed E-state index contributed by atoms with van der Waals surface area (Å²) in [6.07, 6.45) is 1.48. The zero-order chi connectivity index (χ0) is 12.4. The van der Waals surface area contributed by atoms with Gasteiger partial charge in [-0.15, -0.1) is 0 Å². The van der Waals surface area contributed by atoms with Gasteiger partial charge in [0.05, 0.1) is 0 Å². The Kier molecular flexibility index (Phi) is 3.96. The SMILES string of the molecule is Cc1nsc(Sc2ncnc(Cl)c2C(C)C)n1. The normalized spacial score (nSPS) is 11.1. The Balaban J connectivity index is 2.35. The van der Waals surface area contributed by atoms with E-state index < -0.39 is 0 Å². The highest BCUT2D eigenvalue weighted by Gasteiger charge is 2.16. The van der Waals surface area contributed by atoms with Crippen molar-refractivity contribution < 1.29 is 0 Å². The first kappa shape index (κ1) is 12.7.